The lowest BCUT2D eigenvalue weighted by molar-refractivity contribution is 0.148. The Morgan fingerprint density at radius 2 is 0.787 bits per heavy atom. The lowest BCUT2D eigenvalue weighted by Gasteiger charge is -2.37. The normalized spacial score (nSPS) is 14.7. The maximum Gasteiger partial charge on any atom is 0.335 e. The Morgan fingerprint density at radius 1 is 0.417 bits per heavy atom. The van der Waals surface area contributed by atoms with Gasteiger partial charge in [0.05, 0.1) is 125 Å². The summed E-state index contributed by atoms with van der Waals surface area (Å²) in [5, 5.41) is 15.3. The predicted molar refractivity (Wildman–Crippen MR) is 500 cm³/mol. The third kappa shape index (κ3) is 19.6. The van der Waals surface area contributed by atoms with E-state index in [1.165, 1.54) is 11.3 Å². The molecule has 0 spiro atoms. The Morgan fingerprint density at radius 3 is 1.17 bits per heavy atom. The van der Waals surface area contributed by atoms with Crippen molar-refractivity contribution in [3.05, 3.63) is 243 Å². The number of carbonyl (C=O) groups excluding carboxylic acids is 3. The molecule has 0 unspecified atom stereocenters. The molecular weight excluding hydrogens is 1650 g/mol. The summed E-state index contributed by atoms with van der Waals surface area (Å²) in [6.07, 6.45) is 8.90. The fourth-order valence-electron chi connectivity index (χ4n) is 15.9. The number of hydrogen-bond donors (Lipinski definition) is 3. The standard InChI is InChI=1S/C33H36ClN7O3.C32H34ClN7O3.C29H34N8O3/c1-22-6-5-7-27(34)30(22)40-21-24-19-35-32(36-25-10-8-23(9-11-25)20-39-16-14-38(2)15-17-39)37-31(24)41(33(40)42)28-13-12-26(43-3)18-29(28)44-4;1-21-6-5-7-26(33)29(21)39-20-22-19-34-31(35-23-8-10-24(11-9-23)38-16-14-37(2)15-17-38)36-30(22)40(32(39)41)27-13-12-25(42-3)18-28(27)43-4;1-19-8-7-9-20(2)26(19)36-17-21-15-30-28(32-22-16-31-35(18-22)13-12-34(3)4)33-27(21)37(29(36)38)24-11-10-23(39-5)14-25(24)40-6/h5-13,18-19H,14-17,20-21H2,1-4H3,(H,35,36,37);5-13,18-19H,14-17,20H2,1-4H3,(H,34,35,36);7-11,14-16,18H,12-13,17H2,1-6H3,(H,30,32,33). The van der Waals surface area contributed by atoms with Crippen LogP contribution in [0.15, 0.2) is 189 Å². The minimum atomic E-state index is -0.312. The Bertz CT molecular complexity index is 5910. The van der Waals surface area contributed by atoms with E-state index in [-0.39, 0.29) is 31.2 Å². The number of nitrogens with zero attached hydrogens (tertiary/aromatic N) is 19. The van der Waals surface area contributed by atoms with Crippen LogP contribution in [0.2, 0.25) is 10.0 Å². The molecule has 0 aliphatic carbocycles. The zero-order valence-corrected chi connectivity index (χ0v) is 75.2. The molecule has 8 aromatic carbocycles. The highest BCUT2D eigenvalue weighted by Crippen LogP contribution is 2.48. The SMILES string of the molecule is COc1ccc(N2C(=O)N(c3c(C)cccc3C)Cc3cnc(Nc4cnn(CCN(C)C)c4)nc32)c(OC)c1.COc1ccc(N2C(=O)N(c3c(C)cccc3Cl)Cc3cnc(Nc4ccc(CN5CCN(C)CC5)cc4)nc32)c(OC)c1.COc1ccc(N2C(=O)N(c3c(C)cccc3Cl)Cc3cnc(Nc4ccc(N5CCN(C)CC5)cc4)nc32)c(OC)c1. The number of aryl methyl sites for hydroxylation is 4. The minimum absolute atomic E-state index is 0.241. The van der Waals surface area contributed by atoms with Crippen molar-refractivity contribution in [3.8, 4) is 34.5 Å². The van der Waals surface area contributed by atoms with E-state index in [1.54, 1.807) is 164 Å². The van der Waals surface area contributed by atoms with Crippen molar-refractivity contribution in [2.24, 2.45) is 0 Å². The van der Waals surface area contributed by atoms with E-state index in [0.29, 0.717) is 115 Å². The molecule has 4 aromatic heterocycles. The van der Waals surface area contributed by atoms with Gasteiger partial charge in [-0.3, -0.25) is 24.3 Å². The van der Waals surface area contributed by atoms with E-state index in [9.17, 15) is 14.4 Å². The third-order valence-electron chi connectivity index (χ3n) is 22.8. The fraction of sp³-hybridized carbons (Fsp3) is 0.298. The van der Waals surface area contributed by atoms with Gasteiger partial charge < -0.3 is 64.0 Å². The smallest absolute Gasteiger partial charge is 0.335 e. The molecule has 127 heavy (non-hydrogen) atoms. The molecule has 0 bridgehead atoms. The van der Waals surface area contributed by atoms with Gasteiger partial charge in [0.2, 0.25) is 17.8 Å². The van der Waals surface area contributed by atoms with Crippen LogP contribution >= 0.6 is 23.2 Å². The van der Waals surface area contributed by atoms with Crippen LogP contribution < -0.4 is 78.7 Å². The van der Waals surface area contributed by atoms with Gasteiger partial charge in [0.15, 0.2) is 17.5 Å². The molecule has 0 saturated carbocycles. The number of urea groups is 3. The number of methoxy groups -OCH3 is 6. The van der Waals surface area contributed by atoms with Gasteiger partial charge in [0.1, 0.15) is 34.5 Å². The zero-order chi connectivity index (χ0) is 89.3. The molecular formula is C94H104Cl2N22O9. The van der Waals surface area contributed by atoms with Crippen LogP contribution in [0, 0.1) is 27.7 Å². The van der Waals surface area contributed by atoms with Crippen LogP contribution in [-0.2, 0) is 32.7 Å². The summed E-state index contributed by atoms with van der Waals surface area (Å²) in [4.78, 5) is 92.7. The van der Waals surface area contributed by atoms with Crippen LogP contribution in [0.3, 0.4) is 0 Å². The van der Waals surface area contributed by atoms with Crippen molar-refractivity contribution in [3.63, 3.8) is 0 Å². The highest BCUT2D eigenvalue weighted by Gasteiger charge is 2.41. The Hall–Kier alpha value is -13.6. The molecule has 31 nitrogen and oxygen atoms in total. The van der Waals surface area contributed by atoms with E-state index in [1.807, 2.05) is 119 Å². The molecule has 2 fully saturated rings. The number of halogens is 2. The number of nitrogens with one attached hydrogen (secondary N) is 3. The topological polar surface area (TPSA) is 273 Å². The molecule has 5 aliphatic heterocycles. The van der Waals surface area contributed by atoms with Gasteiger partial charge in [0, 0.05) is 142 Å². The minimum Gasteiger partial charge on any atom is -0.497 e. The third-order valence-corrected chi connectivity index (χ3v) is 23.4. The number of aromatic nitrogens is 8. The quantitative estimate of drug-likeness (QED) is 0.0507. The summed E-state index contributed by atoms with van der Waals surface area (Å²) in [6, 6.07) is 48.9. The summed E-state index contributed by atoms with van der Waals surface area (Å²) in [5.41, 5.74) is 14.7. The van der Waals surface area contributed by atoms with Crippen LogP contribution in [0.1, 0.15) is 44.5 Å². The molecule has 3 N–H and O–H groups in total. The van der Waals surface area contributed by atoms with Crippen LogP contribution in [-0.4, -0.2) is 207 Å². The van der Waals surface area contributed by atoms with Gasteiger partial charge in [-0.05, 0) is 169 Å². The Kier molecular flexibility index (Phi) is 27.3. The first-order valence-electron chi connectivity index (χ1n) is 41.7. The van der Waals surface area contributed by atoms with Gasteiger partial charge in [0.25, 0.3) is 0 Å². The second kappa shape index (κ2) is 39.3. The molecule has 17 rings (SSSR count). The number of anilines is 16. The summed E-state index contributed by atoms with van der Waals surface area (Å²) in [7, 11) is 17.8. The van der Waals surface area contributed by atoms with E-state index >= 15 is 0 Å². The van der Waals surface area contributed by atoms with Crippen molar-refractivity contribution in [2.75, 3.05) is 180 Å². The number of carbonyl (C=O) groups is 3. The van der Waals surface area contributed by atoms with Gasteiger partial charge in [-0.15, -0.1) is 0 Å². The second-order valence-electron chi connectivity index (χ2n) is 31.7. The van der Waals surface area contributed by atoms with Crippen molar-refractivity contribution in [1.29, 1.82) is 0 Å². The predicted octanol–water partition coefficient (Wildman–Crippen LogP) is 17.3. The molecule has 33 heteroatoms. The molecule has 2 saturated heterocycles. The first-order chi connectivity index (χ1) is 61.5. The van der Waals surface area contributed by atoms with Gasteiger partial charge >= 0.3 is 18.1 Å². The summed E-state index contributed by atoms with van der Waals surface area (Å²) < 4.78 is 35.2. The van der Waals surface area contributed by atoms with E-state index in [0.717, 1.165) is 134 Å². The van der Waals surface area contributed by atoms with E-state index in [2.05, 4.69) is 98.9 Å². The number of likely N-dealkylation sites (N-methyl/N-ethyl adjacent to an activating group) is 3. The zero-order valence-electron chi connectivity index (χ0n) is 73.7. The number of piperazine rings is 2. The number of ether oxygens (including phenoxy) is 6. The molecule has 12 aromatic rings. The number of fused-ring (bicyclic) bond motifs is 3. The lowest BCUT2D eigenvalue weighted by Crippen LogP contribution is -2.46. The highest BCUT2D eigenvalue weighted by atomic mass is 35.5. The number of rotatable bonds is 24. The summed E-state index contributed by atoms with van der Waals surface area (Å²) >= 11 is 13.3. The van der Waals surface area contributed by atoms with Crippen molar-refractivity contribution in [1.82, 2.24) is 59.3 Å². The maximum absolute atomic E-state index is 14.3. The second-order valence-corrected chi connectivity index (χ2v) is 32.5. The van der Waals surface area contributed by atoms with Crippen molar-refractivity contribution < 1.29 is 42.8 Å². The maximum atomic E-state index is 14.3. The first kappa shape index (κ1) is 88.3. The van der Waals surface area contributed by atoms with Gasteiger partial charge in [-0.2, -0.15) is 20.1 Å². The van der Waals surface area contributed by atoms with Crippen LogP contribution in [0.5, 0.6) is 34.5 Å². The molecule has 0 atom stereocenters. The average molecular weight is 1760 g/mol. The van der Waals surface area contributed by atoms with Crippen molar-refractivity contribution >= 4 is 133 Å². The van der Waals surface area contributed by atoms with Crippen LogP contribution in [0.25, 0.3) is 0 Å². The summed E-state index contributed by atoms with van der Waals surface area (Å²) in [6.45, 7) is 19.7. The van der Waals surface area contributed by atoms with Gasteiger partial charge in [-0.1, -0.05) is 77.8 Å². The molecule has 5 aliphatic rings. The number of benzene rings is 8. The molecule has 6 amide bonds. The molecule has 0 radical (unpaired) electrons. The summed E-state index contributed by atoms with van der Waals surface area (Å²) in [5.74, 6) is 5.75. The molecule has 9 heterocycles. The molecule has 658 valence electrons. The monoisotopic (exact) mass is 1750 g/mol. The first-order valence-corrected chi connectivity index (χ1v) is 42.4. The number of hydrogen-bond acceptors (Lipinski definition) is 24. The van der Waals surface area contributed by atoms with E-state index < -0.39 is 0 Å². The average Bonchev–Trinajstić information content (AvgIpc) is 1.03. The Labute approximate surface area is 749 Å². The lowest BCUT2D eigenvalue weighted by atomic mass is 10.1. The van der Waals surface area contributed by atoms with Crippen LogP contribution in [0.4, 0.5) is 107 Å². The van der Waals surface area contributed by atoms with E-state index in [4.69, 9.17) is 66.6 Å². The van der Waals surface area contributed by atoms with Gasteiger partial charge in [-0.25, -0.2) is 44.0 Å². The number of amides is 6. The highest BCUT2D eigenvalue weighted by molar-refractivity contribution is 6.35. The largest absolute Gasteiger partial charge is 0.497 e. The Balaban J connectivity index is 0.000000147. The van der Waals surface area contributed by atoms with Crippen molar-refractivity contribution in [2.45, 2.75) is 60.4 Å². The fourth-order valence-corrected chi connectivity index (χ4v) is 16.5. The number of para-hydroxylation sites is 3.